The van der Waals surface area contributed by atoms with Crippen molar-refractivity contribution in [2.45, 2.75) is 57.9 Å². The van der Waals surface area contributed by atoms with Gasteiger partial charge in [-0.2, -0.15) is 0 Å². The quantitative estimate of drug-likeness (QED) is 0.826. The van der Waals surface area contributed by atoms with Gasteiger partial charge in [0.25, 0.3) is 0 Å². The van der Waals surface area contributed by atoms with E-state index in [4.69, 9.17) is 0 Å². The first-order valence-corrected chi connectivity index (χ1v) is 7.56. The predicted molar refractivity (Wildman–Crippen MR) is 76.8 cm³/mol. The zero-order chi connectivity index (χ0) is 12.6. The molecule has 1 saturated carbocycles. The van der Waals surface area contributed by atoms with Crippen molar-refractivity contribution in [1.82, 2.24) is 5.32 Å². The second kappa shape index (κ2) is 4.70. The van der Waals surface area contributed by atoms with Crippen LogP contribution in [0.4, 0.5) is 0 Å². The molecule has 0 aliphatic heterocycles. The van der Waals surface area contributed by atoms with Gasteiger partial charge in [-0.15, -0.1) is 0 Å². The van der Waals surface area contributed by atoms with Gasteiger partial charge in [-0.05, 0) is 54.6 Å². The van der Waals surface area contributed by atoms with Crippen molar-refractivity contribution >= 4 is 0 Å². The SMILES string of the molecule is CCC1(CNC2CCC(C)c3ccccc32)CC1. The van der Waals surface area contributed by atoms with E-state index < -0.39 is 0 Å². The Balaban J connectivity index is 1.72. The summed E-state index contributed by atoms with van der Waals surface area (Å²) in [4.78, 5) is 0. The summed E-state index contributed by atoms with van der Waals surface area (Å²) in [6.45, 7) is 5.92. The lowest BCUT2D eigenvalue weighted by atomic mass is 9.81. The first-order chi connectivity index (χ1) is 8.74. The summed E-state index contributed by atoms with van der Waals surface area (Å²) in [6.07, 6.45) is 6.83. The molecule has 0 bridgehead atoms. The number of hydrogen-bond acceptors (Lipinski definition) is 1. The fraction of sp³-hybridized carbons (Fsp3) is 0.647. The number of hydrogen-bond donors (Lipinski definition) is 1. The first-order valence-electron chi connectivity index (χ1n) is 7.56. The lowest BCUT2D eigenvalue weighted by Gasteiger charge is -2.31. The van der Waals surface area contributed by atoms with Gasteiger partial charge < -0.3 is 5.32 Å². The molecular weight excluding hydrogens is 218 g/mol. The molecule has 0 radical (unpaired) electrons. The fourth-order valence-corrected chi connectivity index (χ4v) is 3.39. The molecule has 0 amide bonds. The standard InChI is InChI=1S/C17H25N/c1-3-17(10-11-17)12-18-16-9-8-13(2)14-6-4-5-7-15(14)16/h4-7,13,16,18H,3,8-12H2,1-2H3. The fourth-order valence-electron chi connectivity index (χ4n) is 3.39. The third-order valence-corrected chi connectivity index (χ3v) is 5.22. The van der Waals surface area contributed by atoms with Gasteiger partial charge in [0.15, 0.2) is 0 Å². The molecule has 1 heteroatoms. The van der Waals surface area contributed by atoms with Crippen molar-refractivity contribution in [3.8, 4) is 0 Å². The molecule has 1 aromatic carbocycles. The van der Waals surface area contributed by atoms with Crippen LogP contribution >= 0.6 is 0 Å². The molecule has 0 heterocycles. The summed E-state index contributed by atoms with van der Waals surface area (Å²) in [6, 6.07) is 9.63. The van der Waals surface area contributed by atoms with E-state index in [9.17, 15) is 0 Å². The van der Waals surface area contributed by atoms with Crippen LogP contribution in [0.25, 0.3) is 0 Å². The Bertz CT molecular complexity index is 419. The Kier molecular flexibility index (Phi) is 3.19. The van der Waals surface area contributed by atoms with Gasteiger partial charge in [-0.1, -0.05) is 38.1 Å². The Morgan fingerprint density at radius 3 is 2.56 bits per heavy atom. The van der Waals surface area contributed by atoms with Gasteiger partial charge in [0, 0.05) is 12.6 Å². The predicted octanol–water partition coefficient (Wildman–Crippen LogP) is 4.40. The third-order valence-electron chi connectivity index (χ3n) is 5.22. The van der Waals surface area contributed by atoms with Gasteiger partial charge in [0.1, 0.15) is 0 Å². The maximum absolute atomic E-state index is 3.85. The highest BCUT2D eigenvalue weighted by Crippen LogP contribution is 2.48. The molecule has 0 spiro atoms. The van der Waals surface area contributed by atoms with Crippen LogP contribution in [0.5, 0.6) is 0 Å². The lowest BCUT2D eigenvalue weighted by Crippen LogP contribution is -2.31. The summed E-state index contributed by atoms with van der Waals surface area (Å²) in [7, 11) is 0. The normalized spacial score (nSPS) is 28.8. The monoisotopic (exact) mass is 243 g/mol. The maximum Gasteiger partial charge on any atom is 0.0323 e. The van der Waals surface area contributed by atoms with Crippen molar-refractivity contribution in [2.75, 3.05) is 6.54 Å². The van der Waals surface area contributed by atoms with E-state index in [-0.39, 0.29) is 0 Å². The molecule has 3 rings (SSSR count). The number of benzene rings is 1. The Labute approximate surface area is 111 Å². The van der Waals surface area contributed by atoms with Gasteiger partial charge >= 0.3 is 0 Å². The smallest absolute Gasteiger partial charge is 0.0323 e. The second-order valence-corrected chi connectivity index (χ2v) is 6.39. The molecule has 1 nitrogen and oxygen atoms in total. The van der Waals surface area contributed by atoms with Crippen molar-refractivity contribution < 1.29 is 0 Å². The molecule has 0 aromatic heterocycles. The third kappa shape index (κ3) is 2.21. The average Bonchev–Trinajstić information content (AvgIpc) is 3.19. The molecule has 1 aromatic rings. The Hall–Kier alpha value is -0.820. The van der Waals surface area contributed by atoms with Crippen molar-refractivity contribution in [1.29, 1.82) is 0 Å². The van der Waals surface area contributed by atoms with E-state index in [0.29, 0.717) is 11.5 Å². The summed E-state index contributed by atoms with van der Waals surface area (Å²) in [5, 5.41) is 3.85. The summed E-state index contributed by atoms with van der Waals surface area (Å²) < 4.78 is 0. The largest absolute Gasteiger partial charge is 0.309 e. The van der Waals surface area contributed by atoms with Crippen LogP contribution in [0.15, 0.2) is 24.3 Å². The molecule has 0 saturated heterocycles. The van der Waals surface area contributed by atoms with E-state index in [2.05, 4.69) is 43.4 Å². The van der Waals surface area contributed by atoms with Gasteiger partial charge in [0.2, 0.25) is 0 Å². The van der Waals surface area contributed by atoms with Crippen molar-refractivity contribution in [3.05, 3.63) is 35.4 Å². The molecule has 98 valence electrons. The van der Waals surface area contributed by atoms with E-state index >= 15 is 0 Å². The molecule has 2 aliphatic carbocycles. The first kappa shape index (κ1) is 12.2. The van der Waals surface area contributed by atoms with Crippen molar-refractivity contribution in [3.63, 3.8) is 0 Å². The van der Waals surface area contributed by atoms with E-state index in [1.807, 2.05) is 0 Å². The Morgan fingerprint density at radius 1 is 1.17 bits per heavy atom. The van der Waals surface area contributed by atoms with Gasteiger partial charge in [-0.25, -0.2) is 0 Å². The molecular formula is C17H25N. The zero-order valence-corrected chi connectivity index (χ0v) is 11.7. The van der Waals surface area contributed by atoms with Gasteiger partial charge in [-0.3, -0.25) is 0 Å². The zero-order valence-electron chi connectivity index (χ0n) is 11.7. The van der Waals surface area contributed by atoms with Crippen LogP contribution in [-0.4, -0.2) is 6.54 Å². The van der Waals surface area contributed by atoms with E-state index in [0.717, 1.165) is 5.92 Å². The number of nitrogens with one attached hydrogen (secondary N) is 1. The van der Waals surface area contributed by atoms with Crippen molar-refractivity contribution in [2.24, 2.45) is 5.41 Å². The van der Waals surface area contributed by atoms with Crippen LogP contribution in [0.2, 0.25) is 0 Å². The minimum atomic E-state index is 0.599. The molecule has 1 N–H and O–H groups in total. The van der Waals surface area contributed by atoms with E-state index in [1.54, 1.807) is 11.1 Å². The summed E-state index contributed by atoms with van der Waals surface area (Å²) >= 11 is 0. The van der Waals surface area contributed by atoms with Crippen LogP contribution in [-0.2, 0) is 0 Å². The number of rotatable bonds is 4. The highest BCUT2D eigenvalue weighted by Gasteiger charge is 2.40. The average molecular weight is 243 g/mol. The molecule has 1 fully saturated rings. The highest BCUT2D eigenvalue weighted by molar-refractivity contribution is 5.34. The molecule has 2 unspecified atom stereocenters. The lowest BCUT2D eigenvalue weighted by molar-refractivity contribution is 0.369. The minimum absolute atomic E-state index is 0.599. The van der Waals surface area contributed by atoms with Crippen LogP contribution in [0.1, 0.15) is 69.0 Å². The van der Waals surface area contributed by atoms with Crippen LogP contribution in [0, 0.1) is 5.41 Å². The summed E-state index contributed by atoms with van der Waals surface area (Å²) in [5.74, 6) is 0.736. The molecule has 2 atom stereocenters. The molecule has 2 aliphatic rings. The topological polar surface area (TPSA) is 12.0 Å². The molecule has 18 heavy (non-hydrogen) atoms. The second-order valence-electron chi connectivity index (χ2n) is 6.39. The van der Waals surface area contributed by atoms with Crippen LogP contribution < -0.4 is 5.32 Å². The number of fused-ring (bicyclic) bond motifs is 1. The van der Waals surface area contributed by atoms with Gasteiger partial charge in [0.05, 0.1) is 0 Å². The maximum atomic E-state index is 3.85. The highest BCUT2D eigenvalue weighted by atomic mass is 14.9. The Morgan fingerprint density at radius 2 is 1.89 bits per heavy atom. The summed E-state index contributed by atoms with van der Waals surface area (Å²) in [5.41, 5.74) is 3.78. The minimum Gasteiger partial charge on any atom is -0.309 e. The van der Waals surface area contributed by atoms with Crippen LogP contribution in [0.3, 0.4) is 0 Å². The van der Waals surface area contributed by atoms with E-state index in [1.165, 1.54) is 38.6 Å².